The van der Waals surface area contributed by atoms with E-state index in [9.17, 15) is 9.59 Å². The quantitative estimate of drug-likeness (QED) is 0.502. The van der Waals surface area contributed by atoms with Gasteiger partial charge in [-0.2, -0.15) is 0 Å². The van der Waals surface area contributed by atoms with Crippen LogP contribution in [0.25, 0.3) is 0 Å². The lowest BCUT2D eigenvalue weighted by molar-refractivity contribution is 0.0691. The second-order valence-electron chi connectivity index (χ2n) is 4.07. The molecule has 7 nitrogen and oxygen atoms in total. The fourth-order valence-electron chi connectivity index (χ4n) is 1.46. The van der Waals surface area contributed by atoms with Crippen LogP contribution in [0.5, 0.6) is 0 Å². The van der Waals surface area contributed by atoms with Gasteiger partial charge in [0, 0.05) is 24.9 Å². The molecule has 0 bridgehead atoms. The minimum Gasteiger partial charge on any atom is -0.476 e. The second-order valence-corrected chi connectivity index (χ2v) is 5.01. The maximum atomic E-state index is 11.4. The zero-order valence-corrected chi connectivity index (χ0v) is 12.3. The average Bonchev–Trinajstić information content (AvgIpc) is 2.87. The van der Waals surface area contributed by atoms with Gasteiger partial charge in [-0.15, -0.1) is 11.3 Å². The average molecular weight is 300 g/mol. The highest BCUT2D eigenvalue weighted by atomic mass is 32.1. The van der Waals surface area contributed by atoms with E-state index in [0.717, 1.165) is 19.5 Å². The predicted octanol–water partition coefficient (Wildman–Crippen LogP) is 0.683. The molecule has 1 heterocycles. The zero-order valence-electron chi connectivity index (χ0n) is 11.4. The van der Waals surface area contributed by atoms with Crippen molar-refractivity contribution in [2.45, 2.75) is 19.8 Å². The van der Waals surface area contributed by atoms with Crippen molar-refractivity contribution < 1.29 is 14.7 Å². The predicted molar refractivity (Wildman–Crippen MR) is 77.3 cm³/mol. The Hall–Kier alpha value is -1.67. The number of aromatic nitrogens is 1. The van der Waals surface area contributed by atoms with Crippen LogP contribution in [-0.2, 0) is 6.42 Å². The van der Waals surface area contributed by atoms with Crippen LogP contribution in [0, 0.1) is 0 Å². The van der Waals surface area contributed by atoms with E-state index in [-0.39, 0.29) is 11.7 Å². The van der Waals surface area contributed by atoms with Gasteiger partial charge in [-0.3, -0.25) is 0 Å². The van der Waals surface area contributed by atoms with Crippen molar-refractivity contribution in [2.75, 3.05) is 26.2 Å². The van der Waals surface area contributed by atoms with Crippen LogP contribution in [0.15, 0.2) is 5.38 Å². The van der Waals surface area contributed by atoms with Gasteiger partial charge in [-0.05, 0) is 19.5 Å². The number of amides is 2. The Morgan fingerprint density at radius 1 is 1.30 bits per heavy atom. The number of carboxylic acid groups (broad SMARTS) is 1. The monoisotopic (exact) mass is 300 g/mol. The van der Waals surface area contributed by atoms with E-state index < -0.39 is 5.97 Å². The number of urea groups is 1. The minimum absolute atomic E-state index is 0.0536. The summed E-state index contributed by atoms with van der Waals surface area (Å²) in [4.78, 5) is 26.0. The summed E-state index contributed by atoms with van der Waals surface area (Å²) < 4.78 is 0. The summed E-state index contributed by atoms with van der Waals surface area (Å²) in [6, 6.07) is -0.212. The number of hydrogen-bond acceptors (Lipinski definition) is 5. The number of hydrogen-bond donors (Lipinski definition) is 4. The van der Waals surface area contributed by atoms with Gasteiger partial charge in [0.25, 0.3) is 0 Å². The first-order valence-electron chi connectivity index (χ1n) is 6.53. The van der Waals surface area contributed by atoms with Gasteiger partial charge >= 0.3 is 12.0 Å². The Morgan fingerprint density at radius 3 is 2.70 bits per heavy atom. The molecule has 0 aliphatic heterocycles. The molecule has 0 fully saturated rings. The molecule has 0 saturated heterocycles. The van der Waals surface area contributed by atoms with Gasteiger partial charge in [0.2, 0.25) is 0 Å². The topological polar surface area (TPSA) is 103 Å². The second kappa shape index (κ2) is 9.27. The van der Waals surface area contributed by atoms with Crippen LogP contribution >= 0.6 is 11.3 Å². The molecular weight excluding hydrogens is 280 g/mol. The van der Waals surface area contributed by atoms with Gasteiger partial charge < -0.3 is 21.1 Å². The third-order valence-electron chi connectivity index (χ3n) is 2.46. The standard InChI is InChI=1S/C12H20N4O3S/c1-2-13-5-3-6-14-12(19)15-7-4-10-16-9(8-20-10)11(17)18/h8,13H,2-7H2,1H3,(H,17,18)(H2,14,15,19). The van der Waals surface area contributed by atoms with Gasteiger partial charge in [-0.1, -0.05) is 6.92 Å². The molecule has 8 heteroatoms. The van der Waals surface area contributed by atoms with Crippen LogP contribution in [0.1, 0.15) is 28.8 Å². The van der Waals surface area contributed by atoms with Crippen LogP contribution in [-0.4, -0.2) is 48.3 Å². The molecule has 2 amide bonds. The van der Waals surface area contributed by atoms with E-state index in [1.807, 2.05) is 6.92 Å². The Labute approximate surface area is 121 Å². The van der Waals surface area contributed by atoms with E-state index in [1.54, 1.807) is 0 Å². The van der Waals surface area contributed by atoms with Crippen molar-refractivity contribution in [1.82, 2.24) is 20.9 Å². The normalized spacial score (nSPS) is 10.2. The summed E-state index contributed by atoms with van der Waals surface area (Å²) in [5, 5.41) is 19.6. The number of thiazole rings is 1. The number of rotatable bonds is 9. The molecule has 0 unspecified atom stereocenters. The Morgan fingerprint density at radius 2 is 2.05 bits per heavy atom. The van der Waals surface area contributed by atoms with E-state index in [1.165, 1.54) is 16.7 Å². The van der Waals surface area contributed by atoms with E-state index in [0.29, 0.717) is 24.5 Å². The van der Waals surface area contributed by atoms with Crippen LogP contribution < -0.4 is 16.0 Å². The lowest BCUT2D eigenvalue weighted by atomic mass is 10.4. The first kappa shape index (κ1) is 16.4. The highest BCUT2D eigenvalue weighted by molar-refractivity contribution is 7.09. The van der Waals surface area contributed by atoms with Crippen molar-refractivity contribution in [2.24, 2.45) is 0 Å². The first-order chi connectivity index (χ1) is 9.63. The number of nitrogens with one attached hydrogen (secondary N) is 3. The van der Waals surface area contributed by atoms with Crippen molar-refractivity contribution in [3.05, 3.63) is 16.1 Å². The third-order valence-corrected chi connectivity index (χ3v) is 3.37. The zero-order chi connectivity index (χ0) is 14.8. The number of carbonyl (C=O) groups is 2. The van der Waals surface area contributed by atoms with Gasteiger partial charge in [0.05, 0.1) is 5.01 Å². The summed E-state index contributed by atoms with van der Waals surface area (Å²) in [7, 11) is 0. The van der Waals surface area contributed by atoms with Crippen molar-refractivity contribution in [3.8, 4) is 0 Å². The summed E-state index contributed by atoms with van der Waals surface area (Å²) >= 11 is 1.28. The smallest absolute Gasteiger partial charge is 0.355 e. The lowest BCUT2D eigenvalue weighted by Crippen LogP contribution is -2.37. The number of nitrogens with zero attached hydrogens (tertiary/aromatic N) is 1. The van der Waals surface area contributed by atoms with Gasteiger partial charge in [0.15, 0.2) is 5.69 Å². The molecule has 4 N–H and O–H groups in total. The summed E-state index contributed by atoms with van der Waals surface area (Å²) in [6.07, 6.45) is 1.42. The maximum absolute atomic E-state index is 11.4. The maximum Gasteiger partial charge on any atom is 0.355 e. The lowest BCUT2D eigenvalue weighted by Gasteiger charge is -2.06. The number of carbonyl (C=O) groups excluding carboxylic acids is 1. The highest BCUT2D eigenvalue weighted by Crippen LogP contribution is 2.09. The summed E-state index contributed by atoms with van der Waals surface area (Å²) in [6.45, 7) is 4.91. The molecule has 112 valence electrons. The Balaban J connectivity index is 2.10. The van der Waals surface area contributed by atoms with Crippen molar-refractivity contribution >= 4 is 23.3 Å². The largest absolute Gasteiger partial charge is 0.476 e. The third kappa shape index (κ3) is 6.48. The van der Waals surface area contributed by atoms with Gasteiger partial charge in [0.1, 0.15) is 0 Å². The van der Waals surface area contributed by atoms with E-state index in [4.69, 9.17) is 5.11 Å². The van der Waals surface area contributed by atoms with Gasteiger partial charge in [-0.25, -0.2) is 14.6 Å². The SMILES string of the molecule is CCNCCCNC(=O)NCCc1nc(C(=O)O)cs1. The fraction of sp³-hybridized carbons (Fsp3) is 0.583. The number of aromatic carboxylic acids is 1. The molecule has 20 heavy (non-hydrogen) atoms. The molecule has 0 atom stereocenters. The first-order valence-corrected chi connectivity index (χ1v) is 7.41. The summed E-state index contributed by atoms with van der Waals surface area (Å²) in [5.74, 6) is -1.03. The van der Waals surface area contributed by atoms with Crippen LogP contribution in [0.3, 0.4) is 0 Å². The van der Waals surface area contributed by atoms with Crippen LogP contribution in [0.2, 0.25) is 0 Å². The Kier molecular flexibility index (Phi) is 7.59. The molecule has 1 aromatic heterocycles. The van der Waals surface area contributed by atoms with E-state index >= 15 is 0 Å². The molecule has 0 aliphatic rings. The fourth-order valence-corrected chi connectivity index (χ4v) is 2.23. The van der Waals surface area contributed by atoms with E-state index in [2.05, 4.69) is 20.9 Å². The highest BCUT2D eigenvalue weighted by Gasteiger charge is 2.08. The molecule has 1 aromatic rings. The minimum atomic E-state index is -1.03. The van der Waals surface area contributed by atoms with Crippen LogP contribution in [0.4, 0.5) is 4.79 Å². The molecular formula is C12H20N4O3S. The number of carboxylic acids is 1. The molecule has 0 aliphatic carbocycles. The molecule has 0 saturated carbocycles. The summed E-state index contributed by atoms with van der Waals surface area (Å²) in [5.41, 5.74) is 0.0536. The molecule has 0 radical (unpaired) electrons. The van der Waals surface area contributed by atoms with Crippen molar-refractivity contribution in [3.63, 3.8) is 0 Å². The molecule has 0 aromatic carbocycles. The molecule has 0 spiro atoms. The molecule has 1 rings (SSSR count). The Bertz CT molecular complexity index is 436. The van der Waals surface area contributed by atoms with Crippen molar-refractivity contribution in [1.29, 1.82) is 0 Å².